The van der Waals surface area contributed by atoms with Crippen molar-refractivity contribution in [3.8, 4) is 11.5 Å². The van der Waals surface area contributed by atoms with Gasteiger partial charge in [-0.1, -0.05) is 134 Å². The molecule has 0 spiro atoms. The molecule has 0 aliphatic carbocycles. The molecule has 0 heterocycles. The van der Waals surface area contributed by atoms with E-state index in [2.05, 4.69) is 13.8 Å². The fraction of sp³-hybridized carbons (Fsp3) is 0.613. The van der Waals surface area contributed by atoms with Crippen molar-refractivity contribution in [2.75, 3.05) is 0 Å². The van der Waals surface area contributed by atoms with Crippen molar-refractivity contribution in [1.82, 2.24) is 0 Å². The zero-order valence-corrected chi connectivity index (χ0v) is 21.5. The topological polar surface area (TPSA) is 40.5 Å². The molecule has 0 radical (unpaired) electrons. The summed E-state index contributed by atoms with van der Waals surface area (Å²) in [6.07, 6.45) is 22.1. The summed E-state index contributed by atoms with van der Waals surface area (Å²) in [6, 6.07) is 15.3. The second-order valence-electron chi connectivity index (χ2n) is 9.35. The highest BCUT2D eigenvalue weighted by atomic mass is 16.3. The lowest BCUT2D eigenvalue weighted by Gasteiger charge is -2.04. The molecule has 0 aromatic heterocycles. The number of aryl methyl sites for hydroxylation is 2. The van der Waals surface area contributed by atoms with Crippen molar-refractivity contribution in [2.45, 2.75) is 123 Å². The molecule has 2 aromatic rings. The number of benzene rings is 2. The van der Waals surface area contributed by atoms with Crippen LogP contribution in [0.1, 0.15) is 121 Å². The fourth-order valence-corrected chi connectivity index (χ4v) is 4.17. The van der Waals surface area contributed by atoms with E-state index in [4.69, 9.17) is 0 Å². The molecule has 0 atom stereocenters. The Morgan fingerprint density at radius 1 is 0.424 bits per heavy atom. The zero-order valence-electron chi connectivity index (χ0n) is 21.5. The molecule has 2 heteroatoms. The molecule has 0 saturated heterocycles. The van der Waals surface area contributed by atoms with Crippen molar-refractivity contribution in [2.24, 2.45) is 0 Å². The van der Waals surface area contributed by atoms with E-state index in [1.54, 1.807) is 12.1 Å². The van der Waals surface area contributed by atoms with Crippen molar-refractivity contribution in [3.05, 3.63) is 59.7 Å². The summed E-state index contributed by atoms with van der Waals surface area (Å²) in [7, 11) is 0. The zero-order chi connectivity index (χ0) is 24.0. The third-order valence-corrected chi connectivity index (χ3v) is 6.33. The summed E-state index contributed by atoms with van der Waals surface area (Å²) in [6.45, 7) is 4.49. The Balaban J connectivity index is 0.000000346. The van der Waals surface area contributed by atoms with Crippen LogP contribution in [0.4, 0.5) is 0 Å². The summed E-state index contributed by atoms with van der Waals surface area (Å²) in [5.74, 6) is 0.904. The minimum Gasteiger partial charge on any atom is -0.508 e. The molecule has 0 aliphatic heterocycles. The van der Waals surface area contributed by atoms with Gasteiger partial charge < -0.3 is 10.2 Å². The van der Waals surface area contributed by atoms with E-state index < -0.39 is 0 Å². The van der Waals surface area contributed by atoms with Crippen LogP contribution in [0.15, 0.2) is 48.5 Å². The van der Waals surface area contributed by atoms with Gasteiger partial charge in [0.2, 0.25) is 0 Å². The minimum absolute atomic E-state index is 0.447. The molecular weight excluding hydrogens is 404 g/mol. The lowest BCUT2D eigenvalue weighted by Crippen LogP contribution is -1.87. The maximum absolute atomic E-state index is 9.65. The smallest absolute Gasteiger partial charge is 0.118 e. The van der Waals surface area contributed by atoms with Gasteiger partial charge in [-0.3, -0.25) is 0 Å². The van der Waals surface area contributed by atoms with Gasteiger partial charge in [0.15, 0.2) is 0 Å². The molecule has 2 nitrogen and oxygen atoms in total. The Morgan fingerprint density at radius 3 is 1.06 bits per heavy atom. The molecule has 0 fully saturated rings. The van der Waals surface area contributed by atoms with Crippen LogP contribution in [0, 0.1) is 0 Å². The first-order chi connectivity index (χ1) is 16.2. The van der Waals surface area contributed by atoms with E-state index in [9.17, 15) is 10.2 Å². The average Bonchev–Trinajstić information content (AvgIpc) is 2.83. The number of hydrogen-bond acceptors (Lipinski definition) is 2. The third kappa shape index (κ3) is 15.5. The first-order valence-electron chi connectivity index (χ1n) is 13.7. The second-order valence-corrected chi connectivity index (χ2v) is 9.35. The summed E-state index contributed by atoms with van der Waals surface area (Å²) in [5.41, 5.74) is 2.19. The Labute approximate surface area is 204 Å². The molecule has 2 N–H and O–H groups in total. The normalized spacial score (nSPS) is 10.6. The first-order valence-corrected chi connectivity index (χ1v) is 13.7. The number of hydrogen-bond donors (Lipinski definition) is 2. The average molecular weight is 455 g/mol. The van der Waals surface area contributed by atoms with E-state index in [1.807, 2.05) is 36.4 Å². The van der Waals surface area contributed by atoms with Crippen molar-refractivity contribution in [3.63, 3.8) is 0 Å². The van der Waals surface area contributed by atoms with E-state index in [-0.39, 0.29) is 0 Å². The highest BCUT2D eigenvalue weighted by Crippen LogP contribution is 2.20. The minimum atomic E-state index is 0.447. The van der Waals surface area contributed by atoms with Crippen LogP contribution < -0.4 is 0 Å². The third-order valence-electron chi connectivity index (χ3n) is 6.33. The van der Waals surface area contributed by atoms with E-state index in [1.165, 1.54) is 96.3 Å². The van der Waals surface area contributed by atoms with Crippen molar-refractivity contribution in [1.29, 1.82) is 0 Å². The number of phenols is 2. The van der Waals surface area contributed by atoms with E-state index in [0.29, 0.717) is 11.5 Å². The molecule has 0 unspecified atom stereocenters. The van der Waals surface area contributed by atoms with Crippen LogP contribution in [-0.4, -0.2) is 10.2 Å². The highest BCUT2D eigenvalue weighted by Gasteiger charge is 2.00. The van der Waals surface area contributed by atoms with Gasteiger partial charge in [0.25, 0.3) is 0 Å². The Morgan fingerprint density at radius 2 is 0.727 bits per heavy atom. The number of para-hydroxylation sites is 2. The van der Waals surface area contributed by atoms with Gasteiger partial charge in [-0.05, 0) is 48.9 Å². The quantitative estimate of drug-likeness (QED) is 0.233. The maximum atomic E-state index is 9.65. The number of rotatable bonds is 17. The Kier molecular flexibility index (Phi) is 18.2. The second kappa shape index (κ2) is 20.6. The van der Waals surface area contributed by atoms with Gasteiger partial charge in [-0.2, -0.15) is 0 Å². The van der Waals surface area contributed by atoms with Crippen LogP contribution in [0.2, 0.25) is 0 Å². The monoisotopic (exact) mass is 454 g/mol. The SMILES string of the molecule is CCCCCCCCCCCCc1ccccc1O.CCCCCCCc1ccccc1O. The molecule has 0 amide bonds. The standard InChI is InChI=1S/C18H30O.C13H20O/c1-2-3-4-5-6-7-8-9-10-11-14-17-15-12-13-16-18(17)19;1-2-3-4-5-6-9-12-10-7-8-11-13(12)14/h12-13,15-16,19H,2-11,14H2,1H3;7-8,10-11,14H,2-6,9H2,1H3. The molecule has 2 rings (SSSR count). The Hall–Kier alpha value is -1.96. The van der Waals surface area contributed by atoms with Crippen LogP contribution in [0.25, 0.3) is 0 Å². The number of aromatic hydroxyl groups is 2. The molecule has 0 saturated carbocycles. The van der Waals surface area contributed by atoms with Crippen molar-refractivity contribution >= 4 is 0 Å². The molecule has 186 valence electrons. The van der Waals surface area contributed by atoms with Crippen LogP contribution in [0.3, 0.4) is 0 Å². The molecule has 0 aliphatic rings. The lowest BCUT2D eigenvalue weighted by atomic mass is 10.0. The number of unbranched alkanes of at least 4 members (excludes halogenated alkanes) is 13. The first kappa shape index (κ1) is 29.1. The van der Waals surface area contributed by atoms with Gasteiger partial charge in [-0.25, -0.2) is 0 Å². The molecule has 0 bridgehead atoms. The summed E-state index contributed by atoms with van der Waals surface area (Å²) < 4.78 is 0. The predicted molar refractivity (Wildman–Crippen MR) is 144 cm³/mol. The van der Waals surface area contributed by atoms with Gasteiger partial charge in [0, 0.05) is 0 Å². The van der Waals surface area contributed by atoms with Gasteiger partial charge in [-0.15, -0.1) is 0 Å². The van der Waals surface area contributed by atoms with E-state index in [0.717, 1.165) is 24.0 Å². The van der Waals surface area contributed by atoms with E-state index >= 15 is 0 Å². The van der Waals surface area contributed by atoms with Gasteiger partial charge in [0.05, 0.1) is 0 Å². The Bertz CT molecular complexity index is 695. The summed E-state index contributed by atoms with van der Waals surface area (Å²) in [4.78, 5) is 0. The molecular formula is C31H50O2. The fourth-order valence-electron chi connectivity index (χ4n) is 4.17. The summed E-state index contributed by atoms with van der Waals surface area (Å²) in [5, 5.41) is 19.2. The van der Waals surface area contributed by atoms with Crippen LogP contribution >= 0.6 is 0 Å². The summed E-state index contributed by atoms with van der Waals surface area (Å²) >= 11 is 0. The van der Waals surface area contributed by atoms with Gasteiger partial charge in [0.1, 0.15) is 11.5 Å². The van der Waals surface area contributed by atoms with Crippen molar-refractivity contribution < 1.29 is 10.2 Å². The van der Waals surface area contributed by atoms with Gasteiger partial charge >= 0.3 is 0 Å². The predicted octanol–water partition coefficient (Wildman–Crippen LogP) is 9.76. The largest absolute Gasteiger partial charge is 0.508 e. The highest BCUT2D eigenvalue weighted by molar-refractivity contribution is 5.32. The van der Waals surface area contributed by atoms with Crippen LogP contribution in [0.5, 0.6) is 11.5 Å². The number of phenolic OH excluding ortho intramolecular Hbond substituents is 2. The molecule has 2 aromatic carbocycles. The maximum Gasteiger partial charge on any atom is 0.118 e. The van der Waals surface area contributed by atoms with Crippen LogP contribution in [-0.2, 0) is 12.8 Å². The molecule has 33 heavy (non-hydrogen) atoms. The lowest BCUT2D eigenvalue weighted by molar-refractivity contribution is 0.465.